The monoisotopic (exact) mass is 478 g/mol. The highest BCUT2D eigenvalue weighted by atomic mass is 19.4. The van der Waals surface area contributed by atoms with Crippen LogP contribution in [0.3, 0.4) is 0 Å². The van der Waals surface area contributed by atoms with E-state index in [-0.39, 0.29) is 24.5 Å². The quantitative estimate of drug-likeness (QED) is 0.433. The van der Waals surface area contributed by atoms with Gasteiger partial charge in [0.05, 0.1) is 29.8 Å². The molecular weight excluding hydrogens is 454 g/mol. The molecule has 2 rings (SSSR count). The molecular formula is C23H24F6O4. The van der Waals surface area contributed by atoms with E-state index in [1.807, 2.05) is 0 Å². The third-order valence-electron chi connectivity index (χ3n) is 5.31. The Kier molecular flexibility index (Phi) is 7.86. The predicted molar refractivity (Wildman–Crippen MR) is 107 cm³/mol. The molecule has 33 heavy (non-hydrogen) atoms. The molecule has 10 heteroatoms. The molecule has 0 aliphatic carbocycles. The van der Waals surface area contributed by atoms with E-state index in [4.69, 9.17) is 4.74 Å². The molecule has 0 aliphatic heterocycles. The first-order valence-electron chi connectivity index (χ1n) is 9.92. The Balaban J connectivity index is 2.25. The van der Waals surface area contributed by atoms with Gasteiger partial charge in [-0.3, -0.25) is 4.79 Å². The molecule has 0 saturated heterocycles. The minimum Gasteiger partial charge on any atom is -0.481 e. The van der Waals surface area contributed by atoms with Crippen LogP contribution in [0.5, 0.6) is 0 Å². The normalized spacial score (nSPS) is 14.7. The van der Waals surface area contributed by atoms with Gasteiger partial charge in [-0.2, -0.15) is 26.3 Å². The number of aliphatic hydroxyl groups is 1. The Labute approximate surface area is 186 Å². The number of benzene rings is 2. The van der Waals surface area contributed by atoms with Crippen LogP contribution in [0.1, 0.15) is 48.9 Å². The van der Waals surface area contributed by atoms with Crippen LogP contribution in [-0.2, 0) is 34.1 Å². The van der Waals surface area contributed by atoms with Crippen molar-refractivity contribution in [3.8, 4) is 0 Å². The summed E-state index contributed by atoms with van der Waals surface area (Å²) in [4.78, 5) is 11.4. The van der Waals surface area contributed by atoms with Gasteiger partial charge in [-0.1, -0.05) is 30.3 Å². The van der Waals surface area contributed by atoms with Crippen LogP contribution in [0.2, 0.25) is 0 Å². The van der Waals surface area contributed by atoms with Crippen molar-refractivity contribution in [2.75, 3.05) is 6.61 Å². The van der Waals surface area contributed by atoms with E-state index >= 15 is 0 Å². The molecule has 0 saturated carbocycles. The summed E-state index contributed by atoms with van der Waals surface area (Å²) in [5.41, 5.74) is -5.78. The van der Waals surface area contributed by atoms with Gasteiger partial charge in [-0.05, 0) is 56.0 Å². The number of carboxylic acids is 1. The van der Waals surface area contributed by atoms with Gasteiger partial charge in [-0.15, -0.1) is 0 Å². The molecule has 0 bridgehead atoms. The van der Waals surface area contributed by atoms with E-state index in [0.717, 1.165) is 0 Å². The highest BCUT2D eigenvalue weighted by Crippen LogP contribution is 2.37. The van der Waals surface area contributed by atoms with Crippen molar-refractivity contribution in [3.63, 3.8) is 0 Å². The van der Waals surface area contributed by atoms with Crippen LogP contribution in [0, 0.1) is 5.41 Å². The van der Waals surface area contributed by atoms with Crippen LogP contribution in [0.4, 0.5) is 26.3 Å². The molecule has 0 heterocycles. The van der Waals surface area contributed by atoms with Crippen LogP contribution in [-0.4, -0.2) is 22.8 Å². The number of aliphatic carboxylic acids is 1. The lowest BCUT2D eigenvalue weighted by molar-refractivity contribution is -0.149. The van der Waals surface area contributed by atoms with E-state index in [2.05, 4.69) is 0 Å². The second-order valence-electron chi connectivity index (χ2n) is 8.49. The van der Waals surface area contributed by atoms with Gasteiger partial charge in [0, 0.05) is 0 Å². The zero-order valence-corrected chi connectivity index (χ0v) is 17.9. The van der Waals surface area contributed by atoms with Gasteiger partial charge in [0.2, 0.25) is 0 Å². The number of ether oxygens (including phenoxy) is 1. The summed E-state index contributed by atoms with van der Waals surface area (Å²) in [6.07, 6.45) is -9.99. The first kappa shape index (κ1) is 26.7. The van der Waals surface area contributed by atoms with Crippen molar-refractivity contribution in [1.29, 1.82) is 0 Å². The summed E-state index contributed by atoms with van der Waals surface area (Å²) in [5, 5.41) is 20.5. The van der Waals surface area contributed by atoms with Crippen molar-refractivity contribution in [2.24, 2.45) is 5.41 Å². The molecule has 0 spiro atoms. The molecule has 2 aromatic rings. The molecule has 182 valence electrons. The van der Waals surface area contributed by atoms with Crippen molar-refractivity contribution in [2.45, 2.75) is 51.2 Å². The van der Waals surface area contributed by atoms with Crippen LogP contribution in [0.25, 0.3) is 0 Å². The van der Waals surface area contributed by atoms with E-state index in [0.29, 0.717) is 17.7 Å². The number of rotatable bonds is 9. The van der Waals surface area contributed by atoms with Gasteiger partial charge in [0.1, 0.15) is 5.60 Å². The van der Waals surface area contributed by atoms with Crippen LogP contribution >= 0.6 is 0 Å². The van der Waals surface area contributed by atoms with Crippen LogP contribution in [0.15, 0.2) is 48.5 Å². The molecule has 2 N–H and O–H groups in total. The first-order valence-corrected chi connectivity index (χ1v) is 9.92. The SMILES string of the molecule is CC(C)(CC[C@@](O)(COCc1cc(C(F)(F)F)cc(C(F)(F)F)c1)c1ccccc1)C(=O)O. The van der Waals surface area contributed by atoms with E-state index in [1.165, 1.54) is 13.8 Å². The fraction of sp³-hybridized carbons (Fsp3) is 0.435. The Morgan fingerprint density at radius 1 is 0.848 bits per heavy atom. The summed E-state index contributed by atoms with van der Waals surface area (Å²) in [7, 11) is 0. The van der Waals surface area contributed by atoms with Gasteiger partial charge in [0.15, 0.2) is 0 Å². The summed E-state index contributed by atoms with van der Waals surface area (Å²) >= 11 is 0. The largest absolute Gasteiger partial charge is 0.481 e. The van der Waals surface area contributed by atoms with Gasteiger partial charge in [-0.25, -0.2) is 0 Å². The fourth-order valence-electron chi connectivity index (χ4n) is 3.11. The molecule has 2 aromatic carbocycles. The smallest absolute Gasteiger partial charge is 0.416 e. The molecule has 0 radical (unpaired) electrons. The van der Waals surface area contributed by atoms with Gasteiger partial charge < -0.3 is 14.9 Å². The lowest BCUT2D eigenvalue weighted by atomic mass is 9.80. The minimum atomic E-state index is -4.98. The number of hydrogen-bond donors (Lipinski definition) is 2. The lowest BCUT2D eigenvalue weighted by Gasteiger charge is -2.31. The summed E-state index contributed by atoms with van der Waals surface area (Å²) < 4.78 is 83.7. The van der Waals surface area contributed by atoms with E-state index in [1.54, 1.807) is 30.3 Å². The Bertz CT molecular complexity index is 921. The van der Waals surface area contributed by atoms with Crippen molar-refractivity contribution in [1.82, 2.24) is 0 Å². The maximum Gasteiger partial charge on any atom is 0.416 e. The molecule has 0 aromatic heterocycles. The number of alkyl halides is 6. The molecule has 0 aliphatic rings. The lowest BCUT2D eigenvalue weighted by Crippen LogP contribution is -2.35. The average Bonchev–Trinajstić information content (AvgIpc) is 2.71. The molecule has 0 amide bonds. The fourth-order valence-corrected chi connectivity index (χ4v) is 3.11. The first-order chi connectivity index (χ1) is 15.0. The summed E-state index contributed by atoms with van der Waals surface area (Å²) in [5.74, 6) is -1.08. The summed E-state index contributed by atoms with van der Waals surface area (Å²) in [6.45, 7) is 1.86. The molecule has 0 unspecified atom stereocenters. The Morgan fingerprint density at radius 2 is 1.36 bits per heavy atom. The third kappa shape index (κ3) is 7.20. The minimum absolute atomic E-state index is 0.0256. The van der Waals surface area contributed by atoms with Crippen molar-refractivity contribution < 1.29 is 46.1 Å². The zero-order valence-electron chi connectivity index (χ0n) is 17.9. The number of hydrogen-bond acceptors (Lipinski definition) is 3. The third-order valence-corrected chi connectivity index (χ3v) is 5.31. The number of halogens is 6. The molecule has 0 fully saturated rings. The second kappa shape index (κ2) is 9.72. The average molecular weight is 478 g/mol. The second-order valence-corrected chi connectivity index (χ2v) is 8.49. The maximum absolute atomic E-state index is 13.1. The van der Waals surface area contributed by atoms with Gasteiger partial charge >= 0.3 is 18.3 Å². The highest BCUT2D eigenvalue weighted by molar-refractivity contribution is 5.73. The van der Waals surface area contributed by atoms with E-state index < -0.39 is 53.7 Å². The highest BCUT2D eigenvalue weighted by Gasteiger charge is 2.38. The maximum atomic E-state index is 13.1. The number of carboxylic acid groups (broad SMARTS) is 1. The topological polar surface area (TPSA) is 66.8 Å². The van der Waals surface area contributed by atoms with Crippen molar-refractivity contribution >= 4 is 5.97 Å². The Hall–Kier alpha value is -2.59. The number of carbonyl (C=O) groups is 1. The zero-order chi connectivity index (χ0) is 25.1. The Morgan fingerprint density at radius 3 is 1.82 bits per heavy atom. The van der Waals surface area contributed by atoms with Crippen molar-refractivity contribution in [3.05, 3.63) is 70.8 Å². The molecule has 4 nitrogen and oxygen atoms in total. The van der Waals surface area contributed by atoms with Crippen LogP contribution < -0.4 is 0 Å². The summed E-state index contributed by atoms with van der Waals surface area (Å²) in [6, 6.07) is 9.24. The molecule has 1 atom stereocenters. The van der Waals surface area contributed by atoms with Gasteiger partial charge in [0.25, 0.3) is 0 Å². The van der Waals surface area contributed by atoms with E-state index in [9.17, 15) is 41.4 Å². The standard InChI is InChI=1S/C23H24F6O4/c1-20(2,19(30)31)8-9-21(32,16-6-4-3-5-7-16)14-33-13-15-10-17(22(24,25)26)12-18(11-15)23(27,28)29/h3-7,10-12,32H,8-9,13-14H2,1-2H3,(H,30,31)/t21-/m1/s1. The predicted octanol–water partition coefficient (Wildman–Crippen LogP) is 6.02.